The monoisotopic (exact) mass is 256 g/mol. The average molecular weight is 256 g/mol. The summed E-state index contributed by atoms with van der Waals surface area (Å²) in [6.07, 6.45) is 4.81. The summed E-state index contributed by atoms with van der Waals surface area (Å²) in [6.45, 7) is 6.52. The maximum absolute atomic E-state index is 12.1. The Morgan fingerprint density at radius 1 is 1.24 bits per heavy atom. The minimum absolute atomic E-state index is 0.119. The molecule has 4 nitrogen and oxygen atoms in total. The molecule has 0 amide bonds. The van der Waals surface area contributed by atoms with Crippen LogP contribution in [0.5, 0.6) is 0 Å². The van der Waals surface area contributed by atoms with E-state index in [-0.39, 0.29) is 4.91 Å². The largest absolute Gasteiger partial charge is 0.376 e. The van der Waals surface area contributed by atoms with Gasteiger partial charge in [-0.05, 0) is 40.0 Å². The number of likely N-dealkylation sites (tertiary alicyclic amines) is 1. The molecule has 0 N–H and O–H groups in total. The van der Waals surface area contributed by atoms with Gasteiger partial charge in [0.25, 0.3) is 0 Å². The van der Waals surface area contributed by atoms with Crippen molar-refractivity contribution in [2.24, 2.45) is 0 Å². The molecule has 96 valence electrons. The lowest BCUT2D eigenvalue weighted by molar-refractivity contribution is 0.309. The van der Waals surface area contributed by atoms with Gasteiger partial charge < -0.3 is 4.90 Å². The molecule has 1 fully saturated rings. The highest BCUT2D eigenvalue weighted by Gasteiger charge is 2.33. The van der Waals surface area contributed by atoms with Crippen LogP contribution in [0.25, 0.3) is 0 Å². The van der Waals surface area contributed by atoms with E-state index in [0.717, 1.165) is 25.9 Å². The van der Waals surface area contributed by atoms with Gasteiger partial charge in [-0.2, -0.15) is 5.26 Å². The molecule has 1 heterocycles. The van der Waals surface area contributed by atoms with E-state index in [0.29, 0.717) is 0 Å². The highest BCUT2D eigenvalue weighted by Crippen LogP contribution is 2.24. The third-order valence-corrected chi connectivity index (χ3v) is 5.28. The predicted molar refractivity (Wildman–Crippen MR) is 67.8 cm³/mol. The summed E-state index contributed by atoms with van der Waals surface area (Å²) < 4.78 is 23.4. The Bertz CT molecular complexity index is 432. The van der Waals surface area contributed by atoms with Crippen molar-refractivity contribution in [3.8, 4) is 6.07 Å². The van der Waals surface area contributed by atoms with E-state index in [9.17, 15) is 8.42 Å². The van der Waals surface area contributed by atoms with Crippen LogP contribution in [0.3, 0.4) is 0 Å². The summed E-state index contributed by atoms with van der Waals surface area (Å²) >= 11 is 0. The fourth-order valence-corrected chi connectivity index (χ4v) is 2.77. The molecule has 1 rings (SSSR count). The van der Waals surface area contributed by atoms with Crippen molar-refractivity contribution in [2.75, 3.05) is 13.1 Å². The van der Waals surface area contributed by atoms with Crippen LogP contribution in [0.4, 0.5) is 0 Å². The van der Waals surface area contributed by atoms with Crippen molar-refractivity contribution >= 4 is 9.84 Å². The topological polar surface area (TPSA) is 61.2 Å². The van der Waals surface area contributed by atoms with Crippen LogP contribution in [0.2, 0.25) is 0 Å². The normalized spacial score (nSPS) is 18.9. The van der Waals surface area contributed by atoms with Crippen molar-refractivity contribution in [1.82, 2.24) is 4.90 Å². The lowest BCUT2D eigenvalue weighted by Crippen LogP contribution is -2.31. The van der Waals surface area contributed by atoms with E-state index in [1.807, 2.05) is 11.0 Å². The molecule has 0 spiro atoms. The van der Waals surface area contributed by atoms with E-state index in [1.165, 1.54) is 12.6 Å². The number of nitriles is 1. The third kappa shape index (κ3) is 3.22. The number of nitrogens with zero attached hydrogens (tertiary/aromatic N) is 2. The Labute approximate surface area is 104 Å². The fourth-order valence-electron chi connectivity index (χ4n) is 1.70. The molecule has 0 bridgehead atoms. The molecule has 0 aliphatic carbocycles. The molecule has 1 aliphatic rings. The highest BCUT2D eigenvalue weighted by molar-refractivity contribution is 7.96. The van der Waals surface area contributed by atoms with Crippen LogP contribution in [0.15, 0.2) is 11.1 Å². The van der Waals surface area contributed by atoms with Crippen molar-refractivity contribution < 1.29 is 8.42 Å². The van der Waals surface area contributed by atoms with Gasteiger partial charge in [0, 0.05) is 19.3 Å². The molecule has 0 aromatic rings. The Balaban J connectivity index is 3.00. The van der Waals surface area contributed by atoms with Crippen molar-refractivity contribution in [2.45, 2.75) is 44.8 Å². The highest BCUT2D eigenvalue weighted by atomic mass is 32.2. The number of sulfone groups is 1. The number of hydrogen-bond acceptors (Lipinski definition) is 4. The first-order chi connectivity index (χ1) is 7.79. The molecular formula is C12H20N2O2S. The van der Waals surface area contributed by atoms with Crippen LogP contribution in [-0.4, -0.2) is 31.2 Å². The average Bonchev–Trinajstić information content (AvgIpc) is 2.25. The molecule has 1 saturated heterocycles. The maximum Gasteiger partial charge on any atom is 0.194 e. The summed E-state index contributed by atoms with van der Waals surface area (Å²) in [6, 6.07) is 1.83. The second-order valence-electron chi connectivity index (χ2n) is 5.32. The Hall–Kier alpha value is -1.02. The quantitative estimate of drug-likeness (QED) is 0.709. The minimum Gasteiger partial charge on any atom is -0.376 e. The zero-order chi connectivity index (χ0) is 13.1. The van der Waals surface area contributed by atoms with Gasteiger partial charge in [0.2, 0.25) is 0 Å². The smallest absolute Gasteiger partial charge is 0.194 e. The number of rotatable bonds is 2. The SMILES string of the molecule is CC(C)(C)S(=O)(=O)C(C#N)=CN1CCCCC1. The van der Waals surface area contributed by atoms with Gasteiger partial charge in [-0.3, -0.25) is 0 Å². The van der Waals surface area contributed by atoms with Crippen LogP contribution in [0.1, 0.15) is 40.0 Å². The van der Waals surface area contributed by atoms with Crippen LogP contribution in [0, 0.1) is 11.3 Å². The summed E-state index contributed by atoms with van der Waals surface area (Å²) in [4.78, 5) is 1.82. The molecule has 0 radical (unpaired) electrons. The first kappa shape index (κ1) is 14.0. The molecule has 0 saturated carbocycles. The molecule has 5 heteroatoms. The lowest BCUT2D eigenvalue weighted by atomic mass is 10.1. The Morgan fingerprint density at radius 3 is 2.18 bits per heavy atom. The summed E-state index contributed by atoms with van der Waals surface area (Å²) in [5.41, 5.74) is 0. The van der Waals surface area contributed by atoms with Gasteiger partial charge >= 0.3 is 0 Å². The predicted octanol–water partition coefficient (Wildman–Crippen LogP) is 2.05. The van der Waals surface area contributed by atoms with Crippen molar-refractivity contribution in [3.63, 3.8) is 0 Å². The Kier molecular flexibility index (Phi) is 4.21. The van der Waals surface area contributed by atoms with E-state index in [4.69, 9.17) is 5.26 Å². The second-order valence-corrected chi connectivity index (χ2v) is 7.99. The first-order valence-electron chi connectivity index (χ1n) is 5.89. The minimum atomic E-state index is -3.53. The van der Waals surface area contributed by atoms with Crippen molar-refractivity contribution in [3.05, 3.63) is 11.1 Å². The molecule has 0 unspecified atom stereocenters. The van der Waals surface area contributed by atoms with Gasteiger partial charge in [0.05, 0.1) is 4.75 Å². The molecule has 0 aromatic heterocycles. The van der Waals surface area contributed by atoms with E-state index in [1.54, 1.807) is 20.8 Å². The summed E-state index contributed by atoms with van der Waals surface area (Å²) in [7, 11) is -3.53. The fraction of sp³-hybridized carbons (Fsp3) is 0.750. The molecular weight excluding hydrogens is 236 g/mol. The second kappa shape index (κ2) is 5.09. The number of hydrogen-bond donors (Lipinski definition) is 0. The van der Waals surface area contributed by atoms with Gasteiger partial charge in [-0.1, -0.05) is 0 Å². The standard InChI is InChI=1S/C12H20N2O2S/c1-12(2,3)17(15,16)11(9-13)10-14-7-5-4-6-8-14/h10H,4-8H2,1-3H3. The zero-order valence-corrected chi connectivity index (χ0v) is 11.5. The summed E-state index contributed by atoms with van der Waals surface area (Å²) in [5, 5.41) is 9.03. The number of allylic oxidation sites excluding steroid dienone is 1. The van der Waals surface area contributed by atoms with Crippen LogP contribution >= 0.6 is 0 Å². The van der Waals surface area contributed by atoms with Gasteiger partial charge in [-0.15, -0.1) is 0 Å². The summed E-state index contributed by atoms with van der Waals surface area (Å²) in [5.74, 6) is 0. The molecule has 1 aliphatic heterocycles. The first-order valence-corrected chi connectivity index (χ1v) is 7.38. The van der Waals surface area contributed by atoms with Gasteiger partial charge in [-0.25, -0.2) is 8.42 Å². The molecule has 17 heavy (non-hydrogen) atoms. The van der Waals surface area contributed by atoms with Crippen LogP contribution < -0.4 is 0 Å². The zero-order valence-electron chi connectivity index (χ0n) is 10.7. The van der Waals surface area contributed by atoms with Crippen molar-refractivity contribution in [1.29, 1.82) is 5.26 Å². The van der Waals surface area contributed by atoms with E-state index < -0.39 is 14.6 Å². The van der Waals surface area contributed by atoms with Gasteiger partial charge in [0.15, 0.2) is 14.7 Å². The van der Waals surface area contributed by atoms with E-state index in [2.05, 4.69) is 0 Å². The maximum atomic E-state index is 12.1. The van der Waals surface area contributed by atoms with Crippen LogP contribution in [-0.2, 0) is 9.84 Å². The van der Waals surface area contributed by atoms with E-state index >= 15 is 0 Å². The molecule has 0 atom stereocenters. The molecule has 0 aromatic carbocycles. The Morgan fingerprint density at radius 2 is 1.76 bits per heavy atom. The number of piperidine rings is 1. The third-order valence-electron chi connectivity index (χ3n) is 2.90. The lowest BCUT2D eigenvalue weighted by Gasteiger charge is -2.26. The van der Waals surface area contributed by atoms with Gasteiger partial charge in [0.1, 0.15) is 6.07 Å².